The molecule has 0 radical (unpaired) electrons. The van der Waals surface area contributed by atoms with E-state index in [2.05, 4.69) is 20.9 Å². The van der Waals surface area contributed by atoms with Crippen LogP contribution in [-0.4, -0.2) is 21.8 Å². The van der Waals surface area contributed by atoms with Gasteiger partial charge in [-0.2, -0.15) is 0 Å². The predicted molar refractivity (Wildman–Crippen MR) is 65.0 cm³/mol. The quantitative estimate of drug-likeness (QED) is 0.663. The third-order valence-electron chi connectivity index (χ3n) is 1.70. The molecule has 1 heterocycles. The Bertz CT molecular complexity index is 416. The Morgan fingerprint density at radius 1 is 1.38 bits per heavy atom. The monoisotopic (exact) mass is 293 g/mol. The number of benzene rings is 1. The van der Waals surface area contributed by atoms with Gasteiger partial charge < -0.3 is 11.6 Å². The standard InChI is InChI=1S/C9H6BrNO.C2H6O.Na.H/c10-7-3-4-8(12)9-6(7)2-1-5-11-9;1-2-3;;/h1-5,12H;3H,2H2,1H3;;/q;;+1;-1. The number of aliphatic hydroxyl groups is 1. The SMILES string of the molecule is CCO.Oc1ccc(Br)c2cccnc12.[H-].[Na+]. The molecule has 0 atom stereocenters. The normalized spacial score (nSPS) is 8.94. The molecule has 3 nitrogen and oxygen atoms in total. The molecule has 16 heavy (non-hydrogen) atoms. The van der Waals surface area contributed by atoms with Crippen LogP contribution < -0.4 is 29.6 Å². The minimum Gasteiger partial charge on any atom is -1.00 e. The van der Waals surface area contributed by atoms with Gasteiger partial charge in [-0.1, -0.05) is 22.0 Å². The van der Waals surface area contributed by atoms with Crippen LogP contribution in [0.15, 0.2) is 34.9 Å². The summed E-state index contributed by atoms with van der Waals surface area (Å²) >= 11 is 3.38. The van der Waals surface area contributed by atoms with Crippen molar-refractivity contribution in [2.75, 3.05) is 6.61 Å². The largest absolute Gasteiger partial charge is 1.00 e. The average molecular weight is 294 g/mol. The molecule has 5 heteroatoms. The zero-order valence-electron chi connectivity index (χ0n) is 10.3. The maximum atomic E-state index is 9.41. The van der Waals surface area contributed by atoms with Crippen LogP contribution >= 0.6 is 15.9 Å². The van der Waals surface area contributed by atoms with E-state index in [0.29, 0.717) is 5.52 Å². The van der Waals surface area contributed by atoms with E-state index < -0.39 is 0 Å². The van der Waals surface area contributed by atoms with Crippen molar-refractivity contribution in [3.8, 4) is 5.75 Å². The van der Waals surface area contributed by atoms with E-state index in [4.69, 9.17) is 5.11 Å². The smallest absolute Gasteiger partial charge is 1.00 e. The van der Waals surface area contributed by atoms with E-state index in [9.17, 15) is 5.11 Å². The van der Waals surface area contributed by atoms with E-state index in [1.165, 1.54) is 0 Å². The summed E-state index contributed by atoms with van der Waals surface area (Å²) in [7, 11) is 0. The minimum absolute atomic E-state index is 0. The van der Waals surface area contributed by atoms with Crippen LogP contribution in [-0.2, 0) is 0 Å². The Balaban J connectivity index is 0. The van der Waals surface area contributed by atoms with Gasteiger partial charge in [-0.05, 0) is 25.1 Å². The number of pyridine rings is 1. The first-order valence-electron chi connectivity index (χ1n) is 4.53. The van der Waals surface area contributed by atoms with Crippen molar-refractivity contribution in [3.63, 3.8) is 0 Å². The van der Waals surface area contributed by atoms with Crippen LogP contribution in [0, 0.1) is 0 Å². The second-order valence-electron chi connectivity index (χ2n) is 2.78. The maximum Gasteiger partial charge on any atom is 1.00 e. The molecule has 0 spiro atoms. The summed E-state index contributed by atoms with van der Waals surface area (Å²) in [4.78, 5) is 4.06. The molecule has 0 aliphatic rings. The van der Waals surface area contributed by atoms with Crippen molar-refractivity contribution in [1.82, 2.24) is 4.98 Å². The molecule has 0 fully saturated rings. The van der Waals surface area contributed by atoms with Gasteiger partial charge in [0.25, 0.3) is 0 Å². The Morgan fingerprint density at radius 2 is 2.00 bits per heavy atom. The molecule has 0 aliphatic heterocycles. The van der Waals surface area contributed by atoms with Crippen molar-refractivity contribution in [2.24, 2.45) is 0 Å². The van der Waals surface area contributed by atoms with Crippen LogP contribution in [0.3, 0.4) is 0 Å². The third kappa shape index (κ3) is 4.03. The van der Waals surface area contributed by atoms with Gasteiger partial charge in [-0.15, -0.1) is 0 Å². The van der Waals surface area contributed by atoms with E-state index in [-0.39, 0.29) is 43.3 Å². The van der Waals surface area contributed by atoms with Crippen LogP contribution in [0.2, 0.25) is 0 Å². The second-order valence-corrected chi connectivity index (χ2v) is 3.64. The number of halogens is 1. The molecule has 0 saturated heterocycles. The van der Waals surface area contributed by atoms with E-state index in [1.54, 1.807) is 25.3 Å². The average Bonchev–Trinajstić information content (AvgIpc) is 2.25. The number of hydrogen-bond acceptors (Lipinski definition) is 3. The molecule has 2 rings (SSSR count). The van der Waals surface area contributed by atoms with Crippen LogP contribution in [0.5, 0.6) is 5.75 Å². The zero-order valence-corrected chi connectivity index (χ0v) is 12.9. The topological polar surface area (TPSA) is 53.4 Å². The molecular formula is C11H13BrNNaO2. The fraction of sp³-hybridized carbons (Fsp3) is 0.182. The van der Waals surface area contributed by atoms with Crippen molar-refractivity contribution >= 4 is 26.8 Å². The van der Waals surface area contributed by atoms with Gasteiger partial charge in [0.05, 0.1) is 0 Å². The molecule has 1 aromatic carbocycles. The molecular weight excluding hydrogens is 281 g/mol. The Kier molecular flexibility index (Phi) is 7.97. The molecule has 0 bridgehead atoms. The zero-order chi connectivity index (χ0) is 11.3. The van der Waals surface area contributed by atoms with Crippen molar-refractivity contribution in [2.45, 2.75) is 6.92 Å². The maximum absolute atomic E-state index is 9.41. The number of aromatic nitrogens is 1. The number of fused-ring (bicyclic) bond motifs is 1. The summed E-state index contributed by atoms with van der Waals surface area (Å²) in [6, 6.07) is 7.18. The van der Waals surface area contributed by atoms with E-state index in [1.807, 2.05) is 12.1 Å². The van der Waals surface area contributed by atoms with Crippen molar-refractivity contribution in [1.29, 1.82) is 0 Å². The fourth-order valence-electron chi connectivity index (χ4n) is 1.12. The van der Waals surface area contributed by atoms with E-state index >= 15 is 0 Å². The van der Waals surface area contributed by atoms with Gasteiger partial charge in [0, 0.05) is 22.7 Å². The summed E-state index contributed by atoms with van der Waals surface area (Å²) in [5.41, 5.74) is 0.631. The predicted octanol–water partition coefficient (Wildman–Crippen LogP) is -0.182. The van der Waals surface area contributed by atoms with Crippen LogP contribution in [0.4, 0.5) is 0 Å². The van der Waals surface area contributed by atoms with Gasteiger partial charge in [-0.3, -0.25) is 4.98 Å². The molecule has 1 aromatic heterocycles. The Morgan fingerprint density at radius 3 is 2.56 bits per heavy atom. The first kappa shape index (κ1) is 15.9. The van der Waals surface area contributed by atoms with Crippen LogP contribution in [0.25, 0.3) is 10.9 Å². The van der Waals surface area contributed by atoms with Gasteiger partial charge >= 0.3 is 29.6 Å². The molecule has 82 valence electrons. The van der Waals surface area contributed by atoms with Gasteiger partial charge in [0.2, 0.25) is 0 Å². The summed E-state index contributed by atoms with van der Waals surface area (Å²) < 4.78 is 0.948. The van der Waals surface area contributed by atoms with Gasteiger partial charge in [0.15, 0.2) is 0 Å². The fourth-order valence-corrected chi connectivity index (χ4v) is 1.58. The second kappa shape index (κ2) is 8.03. The first-order valence-corrected chi connectivity index (χ1v) is 5.33. The molecule has 0 aliphatic carbocycles. The summed E-state index contributed by atoms with van der Waals surface area (Å²) in [6.45, 7) is 1.93. The Hall–Kier alpha value is -0.130. The molecule has 0 saturated carbocycles. The van der Waals surface area contributed by atoms with Crippen LogP contribution in [0.1, 0.15) is 8.35 Å². The summed E-state index contributed by atoms with van der Waals surface area (Å²) in [6.07, 6.45) is 1.66. The molecule has 0 unspecified atom stereocenters. The van der Waals surface area contributed by atoms with Crippen molar-refractivity contribution in [3.05, 3.63) is 34.9 Å². The summed E-state index contributed by atoms with van der Waals surface area (Å²) in [5, 5.41) is 17.9. The number of hydrogen-bond donors (Lipinski definition) is 2. The molecule has 0 amide bonds. The number of aliphatic hydroxyl groups excluding tert-OH is 1. The van der Waals surface area contributed by atoms with Gasteiger partial charge in [0.1, 0.15) is 11.3 Å². The number of phenols is 1. The molecule has 2 N–H and O–H groups in total. The van der Waals surface area contributed by atoms with Crippen molar-refractivity contribution < 1.29 is 41.2 Å². The number of phenolic OH excluding ortho intramolecular Hbond substituents is 1. The number of rotatable bonds is 0. The summed E-state index contributed by atoms with van der Waals surface area (Å²) in [5.74, 6) is 0.216. The van der Waals surface area contributed by atoms with E-state index in [0.717, 1.165) is 9.86 Å². The molecule has 2 aromatic rings. The first-order chi connectivity index (χ1) is 7.20. The third-order valence-corrected chi connectivity index (χ3v) is 2.39. The number of nitrogens with zero attached hydrogens (tertiary/aromatic N) is 1. The minimum atomic E-state index is 0. The van der Waals surface area contributed by atoms with Gasteiger partial charge in [-0.25, -0.2) is 0 Å². The number of aromatic hydroxyl groups is 1. The Labute approximate surface area is 126 Å².